The summed E-state index contributed by atoms with van der Waals surface area (Å²) in [6.07, 6.45) is -4.42. The number of benzene rings is 2. The second-order valence-electron chi connectivity index (χ2n) is 7.17. The van der Waals surface area contributed by atoms with Crippen molar-refractivity contribution >= 4 is 21.6 Å². The molecule has 0 saturated carbocycles. The Bertz CT molecular complexity index is 1030. The van der Waals surface area contributed by atoms with E-state index in [2.05, 4.69) is 5.32 Å². The molecule has 2 aromatic carbocycles. The third-order valence-corrected chi connectivity index (χ3v) is 6.94. The minimum Gasteiger partial charge on any atom is -0.326 e. The van der Waals surface area contributed by atoms with Crippen molar-refractivity contribution in [3.05, 3.63) is 59.4 Å². The number of amides is 1. The van der Waals surface area contributed by atoms with Crippen molar-refractivity contribution in [2.45, 2.75) is 30.8 Å². The van der Waals surface area contributed by atoms with Gasteiger partial charge in [-0.15, -0.1) is 0 Å². The van der Waals surface area contributed by atoms with E-state index in [1.54, 1.807) is 12.1 Å². The van der Waals surface area contributed by atoms with Crippen LogP contribution in [0.5, 0.6) is 0 Å². The maximum Gasteiger partial charge on any atom is 0.419 e. The van der Waals surface area contributed by atoms with Crippen LogP contribution >= 0.6 is 0 Å². The highest BCUT2D eigenvalue weighted by Crippen LogP contribution is 2.33. The van der Waals surface area contributed by atoms with Gasteiger partial charge in [0.05, 0.1) is 10.5 Å². The van der Waals surface area contributed by atoms with Crippen molar-refractivity contribution < 1.29 is 30.8 Å². The third-order valence-electron chi connectivity index (χ3n) is 5.02. The van der Waals surface area contributed by atoms with Gasteiger partial charge in [-0.3, -0.25) is 4.79 Å². The Hall–Kier alpha value is -2.46. The second kappa shape index (κ2) is 8.35. The van der Waals surface area contributed by atoms with E-state index in [9.17, 15) is 30.8 Å². The Morgan fingerprint density at radius 1 is 1.07 bits per heavy atom. The number of nitrogens with zero attached hydrogens (tertiary/aromatic N) is 1. The summed E-state index contributed by atoms with van der Waals surface area (Å²) in [6, 6.07) is 8.70. The molecule has 162 valence electrons. The lowest BCUT2D eigenvalue weighted by Gasteiger charge is -2.30. The van der Waals surface area contributed by atoms with Crippen LogP contribution in [0.3, 0.4) is 0 Å². The first-order valence-electron chi connectivity index (χ1n) is 9.23. The lowest BCUT2D eigenvalue weighted by molar-refractivity contribution is -0.140. The minimum absolute atomic E-state index is 0.117. The number of halogens is 4. The molecule has 0 unspecified atom stereocenters. The summed E-state index contributed by atoms with van der Waals surface area (Å²) in [4.78, 5) is 12.6. The molecule has 0 spiro atoms. The van der Waals surface area contributed by atoms with Crippen LogP contribution in [0.2, 0.25) is 0 Å². The van der Waals surface area contributed by atoms with Gasteiger partial charge in [0.25, 0.3) is 0 Å². The van der Waals surface area contributed by atoms with Gasteiger partial charge in [0, 0.05) is 24.7 Å². The summed E-state index contributed by atoms with van der Waals surface area (Å²) in [7, 11) is -3.68. The summed E-state index contributed by atoms with van der Waals surface area (Å²) < 4.78 is 78.6. The highest BCUT2D eigenvalue weighted by molar-refractivity contribution is 7.89. The number of carbonyl (C=O) groups is 1. The zero-order valence-electron chi connectivity index (χ0n) is 16.0. The Morgan fingerprint density at radius 2 is 1.67 bits per heavy atom. The molecule has 3 rings (SSSR count). The number of carbonyl (C=O) groups excluding carboxylic acids is 1. The summed E-state index contributed by atoms with van der Waals surface area (Å²) in [6.45, 7) is 2.08. The van der Waals surface area contributed by atoms with Gasteiger partial charge in [0.1, 0.15) is 5.82 Å². The first kappa shape index (κ1) is 22.2. The van der Waals surface area contributed by atoms with Crippen molar-refractivity contribution in [2.24, 2.45) is 5.92 Å². The monoisotopic (exact) mass is 444 g/mol. The van der Waals surface area contributed by atoms with Crippen LogP contribution in [0.25, 0.3) is 0 Å². The lowest BCUT2D eigenvalue weighted by Crippen LogP contribution is -2.41. The predicted molar refractivity (Wildman–Crippen MR) is 103 cm³/mol. The van der Waals surface area contributed by atoms with E-state index in [4.69, 9.17) is 0 Å². The summed E-state index contributed by atoms with van der Waals surface area (Å²) in [5.41, 5.74) is -0.693. The molecular formula is C20H20F4N2O3S. The van der Waals surface area contributed by atoms with E-state index in [0.29, 0.717) is 12.1 Å². The van der Waals surface area contributed by atoms with Gasteiger partial charge in [-0.2, -0.15) is 17.5 Å². The second-order valence-corrected chi connectivity index (χ2v) is 9.11. The molecule has 0 aromatic heterocycles. The van der Waals surface area contributed by atoms with Crippen LogP contribution in [0.1, 0.15) is 24.0 Å². The Labute approximate surface area is 171 Å². The summed E-state index contributed by atoms with van der Waals surface area (Å²) >= 11 is 0. The Kier molecular flexibility index (Phi) is 6.19. The first-order valence-corrected chi connectivity index (χ1v) is 10.7. The van der Waals surface area contributed by atoms with Gasteiger partial charge in [-0.1, -0.05) is 17.7 Å². The number of alkyl halides is 3. The van der Waals surface area contributed by atoms with Crippen LogP contribution in [0.15, 0.2) is 47.4 Å². The first-order chi connectivity index (χ1) is 14.0. The van der Waals surface area contributed by atoms with Crippen LogP contribution in [0, 0.1) is 18.7 Å². The fraction of sp³-hybridized carbons (Fsp3) is 0.350. The van der Waals surface area contributed by atoms with E-state index < -0.39 is 39.4 Å². The fourth-order valence-corrected chi connectivity index (χ4v) is 4.75. The van der Waals surface area contributed by atoms with Crippen molar-refractivity contribution in [2.75, 3.05) is 18.4 Å². The predicted octanol–water partition coefficient (Wildman–Crippen LogP) is 4.19. The molecule has 1 aliphatic heterocycles. The van der Waals surface area contributed by atoms with Gasteiger partial charge in [0.15, 0.2) is 0 Å². The summed E-state index contributed by atoms with van der Waals surface area (Å²) in [5, 5.41) is 2.37. The molecule has 1 fully saturated rings. The standard InChI is InChI=1S/C20H20F4N2O3S/c1-13-2-5-16(6-3-13)30(28,29)26-10-8-14(9-11-26)19(27)25-15-4-7-18(21)17(12-15)20(22,23)24/h2-7,12,14H,8-11H2,1H3,(H,25,27). The number of piperidine rings is 1. The summed E-state index contributed by atoms with van der Waals surface area (Å²) in [5.74, 6) is -2.51. The van der Waals surface area contributed by atoms with Gasteiger partial charge in [-0.05, 0) is 50.1 Å². The van der Waals surface area contributed by atoms with E-state index >= 15 is 0 Å². The van der Waals surface area contributed by atoms with E-state index in [1.165, 1.54) is 16.4 Å². The molecule has 0 atom stereocenters. The van der Waals surface area contributed by atoms with E-state index in [1.807, 2.05) is 6.92 Å². The third kappa shape index (κ3) is 4.81. The van der Waals surface area contributed by atoms with Crippen molar-refractivity contribution in [3.8, 4) is 0 Å². The van der Waals surface area contributed by atoms with Crippen LogP contribution in [-0.2, 0) is 21.0 Å². The molecule has 1 heterocycles. The average Bonchev–Trinajstić information content (AvgIpc) is 2.69. The number of hydrogen-bond donors (Lipinski definition) is 1. The maximum atomic E-state index is 13.4. The number of hydrogen-bond acceptors (Lipinski definition) is 3. The molecule has 30 heavy (non-hydrogen) atoms. The Morgan fingerprint density at radius 3 is 2.23 bits per heavy atom. The van der Waals surface area contributed by atoms with Gasteiger partial charge in [0.2, 0.25) is 15.9 Å². The van der Waals surface area contributed by atoms with E-state index in [0.717, 1.165) is 11.6 Å². The number of sulfonamides is 1. The lowest BCUT2D eigenvalue weighted by atomic mass is 9.97. The van der Waals surface area contributed by atoms with Gasteiger partial charge in [-0.25, -0.2) is 12.8 Å². The van der Waals surface area contributed by atoms with Gasteiger partial charge < -0.3 is 5.32 Å². The molecule has 0 radical (unpaired) electrons. The van der Waals surface area contributed by atoms with Crippen molar-refractivity contribution in [1.29, 1.82) is 0 Å². The van der Waals surface area contributed by atoms with Crippen molar-refractivity contribution in [3.63, 3.8) is 0 Å². The molecule has 5 nitrogen and oxygen atoms in total. The van der Waals surface area contributed by atoms with E-state index in [-0.39, 0.29) is 36.5 Å². The molecule has 0 bridgehead atoms. The number of aryl methyl sites for hydroxylation is 1. The van der Waals surface area contributed by atoms with Crippen LogP contribution in [0.4, 0.5) is 23.2 Å². The molecular weight excluding hydrogens is 424 g/mol. The highest BCUT2D eigenvalue weighted by Gasteiger charge is 2.35. The van der Waals surface area contributed by atoms with Gasteiger partial charge >= 0.3 is 6.18 Å². The Balaban J connectivity index is 1.64. The zero-order chi connectivity index (χ0) is 22.1. The molecule has 1 N–H and O–H groups in total. The molecule has 2 aromatic rings. The molecule has 10 heteroatoms. The van der Waals surface area contributed by atoms with Crippen LogP contribution < -0.4 is 5.32 Å². The minimum atomic E-state index is -4.87. The SMILES string of the molecule is Cc1ccc(S(=O)(=O)N2CCC(C(=O)Nc3ccc(F)c(C(F)(F)F)c3)CC2)cc1. The normalized spacial score (nSPS) is 16.4. The molecule has 0 aliphatic carbocycles. The fourth-order valence-electron chi connectivity index (χ4n) is 3.28. The highest BCUT2D eigenvalue weighted by atomic mass is 32.2. The van der Waals surface area contributed by atoms with Crippen LogP contribution in [-0.4, -0.2) is 31.7 Å². The van der Waals surface area contributed by atoms with Crippen molar-refractivity contribution in [1.82, 2.24) is 4.31 Å². The quantitative estimate of drug-likeness (QED) is 0.719. The topological polar surface area (TPSA) is 66.5 Å². The largest absolute Gasteiger partial charge is 0.419 e. The maximum absolute atomic E-state index is 13.4. The molecule has 1 saturated heterocycles. The average molecular weight is 444 g/mol. The smallest absolute Gasteiger partial charge is 0.326 e. The number of rotatable bonds is 4. The molecule has 1 aliphatic rings. The number of nitrogens with one attached hydrogen (secondary N) is 1. The molecule has 1 amide bonds. The number of anilines is 1. The zero-order valence-corrected chi connectivity index (χ0v) is 16.9.